The van der Waals surface area contributed by atoms with Crippen molar-refractivity contribution in [1.82, 2.24) is 14.9 Å². The molecule has 2 heterocycles. The largest absolute Gasteiger partial charge is 0.481 e. The summed E-state index contributed by atoms with van der Waals surface area (Å²) in [6, 6.07) is 17.7. The number of carbonyl (C=O) groups is 2. The van der Waals surface area contributed by atoms with Crippen molar-refractivity contribution < 1.29 is 14.3 Å². The summed E-state index contributed by atoms with van der Waals surface area (Å²) in [5, 5.41) is 6.89. The van der Waals surface area contributed by atoms with Gasteiger partial charge in [-0.1, -0.05) is 59.6 Å². The standard InChI is InChI=1S/C32H30Cl2N4O4/c1-38-15-5-9-25(32(38)41)30(40)36-27-10-4-7-23(29(27)34)22-6-3-8-24(28(22)33)26-14-12-20(31(37-26)42-2)18-35-17-19-11-13-21(39)16-19/h3-10,12,14-15,19,35H,11,13,16-18H2,1-2H3,(H,36,40)/t19-/m1/s1. The fourth-order valence-electron chi connectivity index (χ4n) is 5.14. The molecule has 1 aliphatic rings. The smallest absolute Gasteiger partial charge is 0.263 e. The summed E-state index contributed by atoms with van der Waals surface area (Å²) < 4.78 is 6.93. The molecule has 42 heavy (non-hydrogen) atoms. The maximum Gasteiger partial charge on any atom is 0.263 e. The lowest BCUT2D eigenvalue weighted by atomic mass is 10.00. The minimum atomic E-state index is -0.558. The number of hydrogen-bond donors (Lipinski definition) is 2. The van der Waals surface area contributed by atoms with Gasteiger partial charge in [0.1, 0.15) is 11.3 Å². The molecule has 2 aromatic heterocycles. The number of rotatable bonds is 9. The van der Waals surface area contributed by atoms with Crippen LogP contribution in [-0.2, 0) is 18.4 Å². The van der Waals surface area contributed by atoms with Gasteiger partial charge in [0.25, 0.3) is 11.5 Å². The van der Waals surface area contributed by atoms with Crippen LogP contribution >= 0.6 is 23.2 Å². The molecule has 0 radical (unpaired) electrons. The molecule has 216 valence electrons. The predicted octanol–water partition coefficient (Wildman–Crippen LogP) is 6.14. The Bertz CT molecular complexity index is 1720. The van der Waals surface area contributed by atoms with Gasteiger partial charge in [-0.2, -0.15) is 0 Å². The van der Waals surface area contributed by atoms with Gasteiger partial charge >= 0.3 is 0 Å². The lowest BCUT2D eigenvalue weighted by molar-refractivity contribution is -0.117. The molecule has 8 nitrogen and oxygen atoms in total. The lowest BCUT2D eigenvalue weighted by Crippen LogP contribution is -2.27. The Labute approximate surface area is 253 Å². The zero-order valence-corrected chi connectivity index (χ0v) is 24.8. The van der Waals surface area contributed by atoms with Crippen LogP contribution in [0.3, 0.4) is 0 Å². The third-order valence-electron chi connectivity index (χ3n) is 7.41. The number of Topliss-reactive ketones (excluding diaryl/α,β-unsaturated/α-hetero) is 1. The number of pyridine rings is 2. The molecule has 1 aliphatic carbocycles. The van der Waals surface area contributed by atoms with Crippen molar-refractivity contribution in [2.45, 2.75) is 25.8 Å². The molecular formula is C32H30Cl2N4O4. The van der Waals surface area contributed by atoms with Crippen LogP contribution in [0.2, 0.25) is 10.0 Å². The Hall–Kier alpha value is -3.98. The summed E-state index contributed by atoms with van der Waals surface area (Å²) >= 11 is 13.7. The molecule has 2 N–H and O–H groups in total. The van der Waals surface area contributed by atoms with E-state index in [9.17, 15) is 14.4 Å². The molecule has 5 rings (SSSR count). The Morgan fingerprint density at radius 2 is 1.74 bits per heavy atom. The molecule has 1 fully saturated rings. The van der Waals surface area contributed by atoms with Gasteiger partial charge in [-0.05, 0) is 43.1 Å². The van der Waals surface area contributed by atoms with E-state index in [0.717, 1.165) is 18.5 Å². The van der Waals surface area contributed by atoms with Gasteiger partial charge < -0.3 is 19.9 Å². The number of halogens is 2. The number of methoxy groups -OCH3 is 1. The number of aromatic nitrogens is 2. The van der Waals surface area contributed by atoms with Gasteiger partial charge in [0.2, 0.25) is 5.88 Å². The third-order valence-corrected chi connectivity index (χ3v) is 8.22. The Balaban J connectivity index is 1.38. The average molecular weight is 606 g/mol. The van der Waals surface area contributed by atoms with Gasteiger partial charge in [0.15, 0.2) is 0 Å². The normalized spacial score (nSPS) is 14.7. The molecule has 0 spiro atoms. The number of aryl methyl sites for hydroxylation is 1. The molecule has 1 amide bonds. The highest BCUT2D eigenvalue weighted by Crippen LogP contribution is 2.41. The topological polar surface area (TPSA) is 102 Å². The van der Waals surface area contributed by atoms with Gasteiger partial charge in [0, 0.05) is 54.9 Å². The first-order valence-corrected chi connectivity index (χ1v) is 14.3. The van der Waals surface area contributed by atoms with Crippen LogP contribution in [0, 0.1) is 5.92 Å². The summed E-state index contributed by atoms with van der Waals surface area (Å²) in [6.07, 6.45) is 3.83. The monoisotopic (exact) mass is 604 g/mol. The highest BCUT2D eigenvalue weighted by molar-refractivity contribution is 6.39. The van der Waals surface area contributed by atoms with Crippen molar-refractivity contribution in [3.63, 3.8) is 0 Å². The van der Waals surface area contributed by atoms with Crippen LogP contribution in [0.1, 0.15) is 35.2 Å². The summed E-state index contributed by atoms with van der Waals surface area (Å²) in [6.45, 7) is 1.34. The number of nitrogens with zero attached hydrogens (tertiary/aromatic N) is 2. The number of amides is 1. The zero-order chi connectivity index (χ0) is 29.8. The van der Waals surface area contributed by atoms with Crippen molar-refractivity contribution in [2.24, 2.45) is 13.0 Å². The second-order valence-corrected chi connectivity index (χ2v) is 11.0. The molecule has 0 unspecified atom stereocenters. The minimum Gasteiger partial charge on any atom is -0.481 e. The van der Waals surface area contributed by atoms with E-state index >= 15 is 0 Å². The van der Waals surface area contributed by atoms with Gasteiger partial charge in [-0.25, -0.2) is 4.98 Å². The fraction of sp³-hybridized carbons (Fsp3) is 0.250. The van der Waals surface area contributed by atoms with Crippen molar-refractivity contribution in [3.05, 3.63) is 98.4 Å². The number of carbonyl (C=O) groups excluding carboxylic acids is 2. The van der Waals surface area contributed by atoms with E-state index in [2.05, 4.69) is 10.6 Å². The second kappa shape index (κ2) is 12.9. The summed E-state index contributed by atoms with van der Waals surface area (Å²) in [4.78, 5) is 41.6. The Morgan fingerprint density at radius 1 is 1.00 bits per heavy atom. The molecule has 0 bridgehead atoms. The number of nitrogens with one attached hydrogen (secondary N) is 2. The van der Waals surface area contributed by atoms with E-state index in [0.29, 0.717) is 70.1 Å². The zero-order valence-electron chi connectivity index (χ0n) is 23.2. The predicted molar refractivity (Wildman–Crippen MR) is 165 cm³/mol. The Morgan fingerprint density at radius 3 is 2.48 bits per heavy atom. The summed E-state index contributed by atoms with van der Waals surface area (Å²) in [5.41, 5.74) is 3.44. The first-order chi connectivity index (χ1) is 20.3. The molecule has 0 aliphatic heterocycles. The van der Waals surface area contributed by atoms with Gasteiger partial charge in [-0.15, -0.1) is 0 Å². The Kier molecular flexibility index (Phi) is 9.06. The van der Waals surface area contributed by atoms with E-state index < -0.39 is 11.5 Å². The maximum absolute atomic E-state index is 12.9. The number of ether oxygens (including phenoxy) is 1. The molecule has 2 aromatic carbocycles. The first kappa shape index (κ1) is 29.5. The first-order valence-electron chi connectivity index (χ1n) is 13.6. The van der Waals surface area contributed by atoms with Gasteiger partial charge in [-0.3, -0.25) is 14.4 Å². The lowest BCUT2D eigenvalue weighted by Gasteiger charge is -2.15. The number of hydrogen-bond acceptors (Lipinski definition) is 6. The molecule has 0 saturated heterocycles. The number of anilines is 1. The van der Waals surface area contributed by atoms with E-state index in [4.69, 9.17) is 32.9 Å². The fourth-order valence-corrected chi connectivity index (χ4v) is 5.74. The van der Waals surface area contributed by atoms with Gasteiger partial charge in [0.05, 0.1) is 28.5 Å². The van der Waals surface area contributed by atoms with Crippen LogP contribution in [0.5, 0.6) is 5.88 Å². The highest BCUT2D eigenvalue weighted by Gasteiger charge is 2.22. The van der Waals surface area contributed by atoms with E-state index in [1.807, 2.05) is 36.4 Å². The second-order valence-electron chi connectivity index (χ2n) is 10.3. The van der Waals surface area contributed by atoms with Crippen LogP contribution in [-0.4, -0.2) is 34.9 Å². The van der Waals surface area contributed by atoms with E-state index in [-0.39, 0.29) is 10.6 Å². The number of benzene rings is 2. The maximum atomic E-state index is 12.9. The van der Waals surface area contributed by atoms with Crippen LogP contribution in [0.25, 0.3) is 22.4 Å². The minimum absolute atomic E-state index is 0.00815. The van der Waals surface area contributed by atoms with Crippen LogP contribution in [0.15, 0.2) is 71.7 Å². The summed E-state index contributed by atoms with van der Waals surface area (Å²) in [5.74, 6) is 0.639. The molecule has 1 atom stereocenters. The molecule has 10 heteroatoms. The quantitative estimate of drug-likeness (QED) is 0.238. The molecule has 4 aromatic rings. The van der Waals surface area contributed by atoms with Crippen molar-refractivity contribution in [1.29, 1.82) is 0 Å². The SMILES string of the molecule is COc1nc(-c2cccc(-c3cccc(NC(=O)c4cccn(C)c4=O)c3Cl)c2Cl)ccc1CNC[C@@H]1CCC(=O)C1. The van der Waals surface area contributed by atoms with Crippen LogP contribution < -0.4 is 20.9 Å². The molecular weight excluding hydrogens is 575 g/mol. The average Bonchev–Trinajstić information content (AvgIpc) is 3.40. The van der Waals surface area contributed by atoms with E-state index in [1.165, 1.54) is 10.6 Å². The molecule has 1 saturated carbocycles. The van der Waals surface area contributed by atoms with Crippen molar-refractivity contribution in [2.75, 3.05) is 19.0 Å². The number of ketones is 1. The van der Waals surface area contributed by atoms with Crippen molar-refractivity contribution in [3.8, 4) is 28.3 Å². The summed E-state index contributed by atoms with van der Waals surface area (Å²) in [7, 11) is 3.16. The third kappa shape index (κ3) is 6.26. The van der Waals surface area contributed by atoms with Crippen molar-refractivity contribution >= 4 is 40.6 Å². The van der Waals surface area contributed by atoms with Crippen LogP contribution in [0.4, 0.5) is 5.69 Å². The van der Waals surface area contributed by atoms with E-state index in [1.54, 1.807) is 38.6 Å². The highest BCUT2D eigenvalue weighted by atomic mass is 35.5.